The molecule has 1 rings (SSSR count). The van der Waals surface area contributed by atoms with E-state index in [1.165, 1.54) is 14.0 Å². The quantitative estimate of drug-likeness (QED) is 0.527. The molecule has 17 heavy (non-hydrogen) atoms. The van der Waals surface area contributed by atoms with E-state index < -0.39 is 11.4 Å². The number of carbonyl (C=O) groups excluding carboxylic acids is 3. The molecular weight excluding hydrogens is 222 g/mol. The highest BCUT2D eigenvalue weighted by atomic mass is 16.5. The zero-order valence-corrected chi connectivity index (χ0v) is 10.6. The second kappa shape index (κ2) is 5.40. The fraction of sp³-hybridized carbons (Fsp3) is 0.750. The van der Waals surface area contributed by atoms with E-state index in [1.807, 2.05) is 11.9 Å². The molecule has 1 fully saturated rings. The first kappa shape index (κ1) is 13.8. The predicted octanol–water partition coefficient (Wildman–Crippen LogP) is 0.420. The Labute approximate surface area is 101 Å². The maximum absolute atomic E-state index is 12.0. The molecule has 1 aliphatic rings. The third kappa shape index (κ3) is 2.91. The molecule has 0 bridgehead atoms. The van der Waals surface area contributed by atoms with Gasteiger partial charge < -0.3 is 14.4 Å². The van der Waals surface area contributed by atoms with Crippen LogP contribution in [-0.4, -0.2) is 49.7 Å². The molecule has 0 aromatic rings. The van der Waals surface area contributed by atoms with Gasteiger partial charge in [-0.25, -0.2) is 0 Å². The summed E-state index contributed by atoms with van der Waals surface area (Å²) in [6.07, 6.45) is 0.816. The van der Waals surface area contributed by atoms with Crippen molar-refractivity contribution in [3.63, 3.8) is 0 Å². The zero-order chi connectivity index (χ0) is 13.1. The standard InChI is InChI=1S/C12H19NO4/c1-9(14)4-6-12(11(16)17-3)8-13(2)7-5-10(12)15/h4-8H2,1-3H3. The van der Waals surface area contributed by atoms with Gasteiger partial charge >= 0.3 is 5.97 Å². The van der Waals surface area contributed by atoms with E-state index in [-0.39, 0.29) is 24.4 Å². The number of rotatable bonds is 4. The van der Waals surface area contributed by atoms with Crippen LogP contribution in [0.3, 0.4) is 0 Å². The first-order valence-corrected chi connectivity index (χ1v) is 5.72. The summed E-state index contributed by atoms with van der Waals surface area (Å²) >= 11 is 0. The number of piperidine rings is 1. The molecule has 0 radical (unpaired) electrons. The van der Waals surface area contributed by atoms with Crippen molar-refractivity contribution in [1.29, 1.82) is 0 Å². The monoisotopic (exact) mass is 241 g/mol. The van der Waals surface area contributed by atoms with Gasteiger partial charge in [0.1, 0.15) is 11.2 Å². The Morgan fingerprint density at radius 1 is 1.47 bits per heavy atom. The number of hydrogen-bond donors (Lipinski definition) is 0. The molecule has 1 heterocycles. The third-order valence-electron chi connectivity index (χ3n) is 3.27. The minimum absolute atomic E-state index is 0.0192. The van der Waals surface area contributed by atoms with E-state index in [9.17, 15) is 14.4 Å². The highest BCUT2D eigenvalue weighted by molar-refractivity contribution is 6.05. The van der Waals surface area contributed by atoms with Crippen molar-refractivity contribution < 1.29 is 19.1 Å². The molecular formula is C12H19NO4. The van der Waals surface area contributed by atoms with E-state index in [2.05, 4.69) is 0 Å². The fourth-order valence-corrected chi connectivity index (χ4v) is 2.24. The first-order valence-electron chi connectivity index (χ1n) is 5.72. The van der Waals surface area contributed by atoms with Gasteiger partial charge in [-0.05, 0) is 20.4 Å². The summed E-state index contributed by atoms with van der Waals surface area (Å²) in [6, 6.07) is 0. The number of nitrogens with zero attached hydrogens (tertiary/aromatic N) is 1. The van der Waals surface area contributed by atoms with Crippen LogP contribution in [0.2, 0.25) is 0 Å². The molecule has 1 saturated heterocycles. The van der Waals surface area contributed by atoms with E-state index in [4.69, 9.17) is 4.74 Å². The van der Waals surface area contributed by atoms with Gasteiger partial charge in [0.05, 0.1) is 7.11 Å². The first-order chi connectivity index (χ1) is 7.92. The van der Waals surface area contributed by atoms with E-state index in [0.717, 1.165) is 0 Å². The second-order valence-corrected chi connectivity index (χ2v) is 4.69. The van der Waals surface area contributed by atoms with Gasteiger partial charge in [-0.15, -0.1) is 0 Å². The number of carbonyl (C=O) groups is 3. The molecule has 0 aromatic heterocycles. The van der Waals surface area contributed by atoms with Crippen LogP contribution >= 0.6 is 0 Å². The topological polar surface area (TPSA) is 63.7 Å². The lowest BCUT2D eigenvalue weighted by Gasteiger charge is -2.37. The highest BCUT2D eigenvalue weighted by Gasteiger charge is 2.49. The van der Waals surface area contributed by atoms with Crippen molar-refractivity contribution in [3.05, 3.63) is 0 Å². The lowest BCUT2D eigenvalue weighted by atomic mass is 9.75. The van der Waals surface area contributed by atoms with E-state index >= 15 is 0 Å². The Hall–Kier alpha value is -1.23. The normalized spacial score (nSPS) is 25.7. The molecule has 96 valence electrons. The molecule has 0 spiro atoms. The molecule has 1 unspecified atom stereocenters. The summed E-state index contributed by atoms with van der Waals surface area (Å²) in [4.78, 5) is 36.9. The van der Waals surface area contributed by atoms with Gasteiger partial charge in [0.25, 0.3) is 0 Å². The number of ketones is 2. The maximum atomic E-state index is 12.0. The summed E-state index contributed by atoms with van der Waals surface area (Å²) < 4.78 is 4.75. The Bertz CT molecular complexity index is 329. The van der Waals surface area contributed by atoms with Gasteiger partial charge in [0.2, 0.25) is 0 Å². The van der Waals surface area contributed by atoms with Gasteiger partial charge in [0, 0.05) is 25.9 Å². The van der Waals surface area contributed by atoms with Gasteiger partial charge in [-0.1, -0.05) is 0 Å². The minimum atomic E-state index is -1.15. The number of hydrogen-bond acceptors (Lipinski definition) is 5. The van der Waals surface area contributed by atoms with Crippen LogP contribution < -0.4 is 0 Å². The Kier molecular flexibility index (Phi) is 4.40. The Morgan fingerprint density at radius 3 is 2.65 bits per heavy atom. The molecule has 0 amide bonds. The smallest absolute Gasteiger partial charge is 0.320 e. The molecule has 0 saturated carbocycles. The van der Waals surface area contributed by atoms with E-state index in [1.54, 1.807) is 0 Å². The molecule has 0 aliphatic carbocycles. The average Bonchev–Trinajstić information content (AvgIpc) is 2.29. The van der Waals surface area contributed by atoms with Gasteiger partial charge in [0.15, 0.2) is 5.78 Å². The summed E-state index contributed by atoms with van der Waals surface area (Å²) in [5.74, 6) is -0.645. The second-order valence-electron chi connectivity index (χ2n) is 4.69. The highest BCUT2D eigenvalue weighted by Crippen LogP contribution is 2.32. The predicted molar refractivity (Wildman–Crippen MR) is 61.5 cm³/mol. The summed E-state index contributed by atoms with van der Waals surface area (Å²) in [5.41, 5.74) is -1.15. The van der Waals surface area contributed by atoms with Crippen LogP contribution in [-0.2, 0) is 19.1 Å². The summed E-state index contributed by atoms with van der Waals surface area (Å²) in [6.45, 7) is 2.45. The zero-order valence-electron chi connectivity index (χ0n) is 10.6. The van der Waals surface area contributed by atoms with E-state index in [0.29, 0.717) is 19.5 Å². The number of Topliss-reactive ketones (excluding diaryl/α,β-unsaturated/α-hetero) is 2. The molecule has 5 heteroatoms. The van der Waals surface area contributed by atoms with Crippen LogP contribution in [0.5, 0.6) is 0 Å². The number of esters is 1. The number of methoxy groups -OCH3 is 1. The largest absolute Gasteiger partial charge is 0.468 e. The van der Waals surface area contributed by atoms with Crippen molar-refractivity contribution in [2.75, 3.05) is 27.2 Å². The molecule has 5 nitrogen and oxygen atoms in total. The summed E-state index contributed by atoms with van der Waals surface area (Å²) in [7, 11) is 3.14. The van der Waals surface area contributed by atoms with Crippen LogP contribution in [0.4, 0.5) is 0 Å². The van der Waals surface area contributed by atoms with Gasteiger partial charge in [-0.3, -0.25) is 9.59 Å². The van der Waals surface area contributed by atoms with Crippen molar-refractivity contribution in [3.8, 4) is 0 Å². The SMILES string of the molecule is COC(=O)C1(CCC(C)=O)CN(C)CCC1=O. The maximum Gasteiger partial charge on any atom is 0.320 e. The van der Waals surface area contributed by atoms with Crippen LogP contribution in [0.25, 0.3) is 0 Å². The molecule has 1 atom stereocenters. The lowest BCUT2D eigenvalue weighted by Crippen LogP contribution is -2.53. The lowest BCUT2D eigenvalue weighted by molar-refractivity contribution is -0.162. The van der Waals surface area contributed by atoms with Crippen molar-refractivity contribution in [2.24, 2.45) is 5.41 Å². The van der Waals surface area contributed by atoms with Crippen LogP contribution in [0.15, 0.2) is 0 Å². The minimum Gasteiger partial charge on any atom is -0.468 e. The van der Waals surface area contributed by atoms with Crippen molar-refractivity contribution in [2.45, 2.75) is 26.2 Å². The summed E-state index contributed by atoms with van der Waals surface area (Å²) in [5, 5.41) is 0. The average molecular weight is 241 g/mol. The van der Waals surface area contributed by atoms with Crippen LogP contribution in [0.1, 0.15) is 26.2 Å². The molecule has 0 N–H and O–H groups in total. The third-order valence-corrected chi connectivity index (χ3v) is 3.27. The Morgan fingerprint density at radius 2 is 2.12 bits per heavy atom. The fourth-order valence-electron chi connectivity index (χ4n) is 2.24. The molecule has 1 aliphatic heterocycles. The number of ether oxygens (including phenoxy) is 1. The van der Waals surface area contributed by atoms with Gasteiger partial charge in [-0.2, -0.15) is 0 Å². The van der Waals surface area contributed by atoms with Crippen molar-refractivity contribution >= 4 is 17.5 Å². The van der Waals surface area contributed by atoms with Crippen molar-refractivity contribution in [1.82, 2.24) is 4.90 Å². The van der Waals surface area contributed by atoms with Crippen LogP contribution in [0, 0.1) is 5.41 Å². The molecule has 0 aromatic carbocycles. The number of likely N-dealkylation sites (tertiary alicyclic amines) is 1. The Balaban J connectivity index is 2.94.